The number of nitrogens with two attached hydrogens (primary N) is 1. The van der Waals surface area contributed by atoms with Crippen molar-refractivity contribution in [2.45, 2.75) is 23.6 Å². The summed E-state index contributed by atoms with van der Waals surface area (Å²) in [4.78, 5) is 0. The molecule has 0 heterocycles. The maximum atomic E-state index is 12.8. The molecule has 1 aromatic rings. The zero-order valence-electron chi connectivity index (χ0n) is 9.80. The lowest BCUT2D eigenvalue weighted by Crippen LogP contribution is -2.29. The predicted molar refractivity (Wildman–Crippen MR) is 64.9 cm³/mol. The molecule has 1 aliphatic rings. The molecular weight excluding hydrogens is 255 g/mol. The van der Waals surface area contributed by atoms with Crippen LogP contribution in [0.1, 0.15) is 18.4 Å². The molecule has 0 spiro atoms. The molecule has 0 radical (unpaired) electrons. The average molecular weight is 268 g/mol. The quantitative estimate of drug-likeness (QED) is 0.884. The maximum Gasteiger partial charge on any atom is 0.156 e. The fraction of sp³-hybridized carbons (Fsp3) is 0.417. The highest BCUT2D eigenvalue weighted by Crippen LogP contribution is 2.53. The Morgan fingerprint density at radius 3 is 2.44 bits per heavy atom. The molecule has 0 amide bonds. The second kappa shape index (κ2) is 4.04. The van der Waals surface area contributed by atoms with Crippen LogP contribution < -0.4 is 5.73 Å². The first kappa shape index (κ1) is 13.0. The summed E-state index contributed by atoms with van der Waals surface area (Å²) in [6.07, 6.45) is 0. The summed E-state index contributed by atoms with van der Waals surface area (Å²) in [7, 11) is -3.39. The predicted octanol–water partition coefficient (Wildman–Crippen LogP) is 0.947. The molecule has 1 aliphatic carbocycles. The van der Waals surface area contributed by atoms with Gasteiger partial charge in [-0.15, -0.1) is 0 Å². The molecule has 0 aromatic heterocycles. The van der Waals surface area contributed by atoms with Crippen LogP contribution in [0.25, 0.3) is 0 Å². The Hall–Kier alpha value is -1.45. The van der Waals surface area contributed by atoms with Crippen LogP contribution in [0.2, 0.25) is 0 Å². The minimum atomic E-state index is -3.39. The molecule has 3 atom stereocenters. The van der Waals surface area contributed by atoms with E-state index in [0.29, 0.717) is 5.56 Å². The molecule has 0 aliphatic heterocycles. The van der Waals surface area contributed by atoms with Crippen molar-refractivity contribution in [1.29, 1.82) is 5.26 Å². The van der Waals surface area contributed by atoms with E-state index in [-0.39, 0.29) is 5.75 Å². The van der Waals surface area contributed by atoms with Crippen LogP contribution in [0, 0.1) is 17.1 Å². The zero-order chi connectivity index (χ0) is 13.6. The number of sulfone groups is 1. The van der Waals surface area contributed by atoms with Crippen molar-refractivity contribution in [3.8, 4) is 6.07 Å². The number of rotatable bonds is 3. The number of nitriles is 1. The smallest absolute Gasteiger partial charge is 0.156 e. The minimum Gasteiger partial charge on any atom is -0.312 e. The lowest BCUT2D eigenvalue weighted by Gasteiger charge is -2.00. The molecule has 2 N–H and O–H groups in total. The van der Waals surface area contributed by atoms with E-state index in [4.69, 9.17) is 11.0 Å². The van der Waals surface area contributed by atoms with Gasteiger partial charge in [0.15, 0.2) is 9.84 Å². The van der Waals surface area contributed by atoms with Crippen LogP contribution in [-0.4, -0.2) is 25.0 Å². The van der Waals surface area contributed by atoms with E-state index < -0.39 is 32.4 Å². The van der Waals surface area contributed by atoms with Gasteiger partial charge in [0.05, 0.1) is 6.07 Å². The number of hydrogen-bond acceptors (Lipinski definition) is 4. The van der Waals surface area contributed by atoms with Gasteiger partial charge in [-0.25, -0.2) is 12.8 Å². The fourth-order valence-corrected chi connectivity index (χ4v) is 4.18. The van der Waals surface area contributed by atoms with Crippen molar-refractivity contribution in [3.05, 3.63) is 35.6 Å². The van der Waals surface area contributed by atoms with Gasteiger partial charge in [-0.3, -0.25) is 0 Å². The third kappa shape index (κ3) is 1.80. The van der Waals surface area contributed by atoms with Crippen molar-refractivity contribution in [2.75, 3.05) is 5.75 Å². The molecule has 1 aromatic carbocycles. The van der Waals surface area contributed by atoms with Crippen LogP contribution >= 0.6 is 0 Å². The van der Waals surface area contributed by atoms with Crippen molar-refractivity contribution in [3.63, 3.8) is 0 Å². The van der Waals surface area contributed by atoms with Gasteiger partial charge in [-0.1, -0.05) is 19.1 Å². The summed E-state index contributed by atoms with van der Waals surface area (Å²) < 4.78 is 36.6. The van der Waals surface area contributed by atoms with Gasteiger partial charge in [-0.05, 0) is 17.7 Å². The van der Waals surface area contributed by atoms with Crippen LogP contribution in [-0.2, 0) is 9.84 Å². The lowest BCUT2D eigenvalue weighted by atomic mass is 10.1. The number of hydrogen-bond donors (Lipinski definition) is 1. The van der Waals surface area contributed by atoms with Gasteiger partial charge >= 0.3 is 0 Å². The molecule has 96 valence electrons. The molecule has 0 saturated heterocycles. The van der Waals surface area contributed by atoms with E-state index >= 15 is 0 Å². The first-order valence-corrected chi connectivity index (χ1v) is 7.25. The van der Waals surface area contributed by atoms with E-state index in [0.717, 1.165) is 0 Å². The van der Waals surface area contributed by atoms with Crippen LogP contribution in [0.5, 0.6) is 0 Å². The van der Waals surface area contributed by atoms with E-state index in [1.807, 2.05) is 6.07 Å². The van der Waals surface area contributed by atoms with Gasteiger partial charge < -0.3 is 5.73 Å². The molecule has 6 heteroatoms. The van der Waals surface area contributed by atoms with Crippen molar-refractivity contribution >= 4 is 9.84 Å². The SMILES string of the molecule is CCS(=O)(=O)[C@@H]1[C@H](c2ccc(F)cc2)[C@@]1(N)C#N. The van der Waals surface area contributed by atoms with E-state index in [1.165, 1.54) is 31.2 Å². The van der Waals surface area contributed by atoms with Crippen molar-refractivity contribution in [1.82, 2.24) is 0 Å². The van der Waals surface area contributed by atoms with Crippen LogP contribution in [0.4, 0.5) is 4.39 Å². The highest BCUT2D eigenvalue weighted by atomic mass is 32.2. The molecule has 2 rings (SSSR count). The normalized spacial score (nSPS) is 30.8. The van der Waals surface area contributed by atoms with E-state index in [9.17, 15) is 12.8 Å². The third-order valence-corrected chi connectivity index (χ3v) is 5.63. The van der Waals surface area contributed by atoms with E-state index in [1.54, 1.807) is 0 Å². The summed E-state index contributed by atoms with van der Waals surface area (Å²) in [5, 5.41) is 8.17. The zero-order valence-corrected chi connectivity index (χ0v) is 10.6. The Morgan fingerprint density at radius 2 is 2.00 bits per heavy atom. The van der Waals surface area contributed by atoms with Crippen molar-refractivity contribution in [2.24, 2.45) is 5.73 Å². The highest BCUT2D eigenvalue weighted by molar-refractivity contribution is 7.92. The first-order chi connectivity index (χ1) is 8.36. The standard InChI is InChI=1S/C12H13FN2O2S/c1-2-18(16,17)11-10(12(11,15)7-14)8-3-5-9(13)6-4-8/h3-6,10-11H,2,15H2,1H3/t10-,11+,12-/m0/s1. The van der Waals surface area contributed by atoms with Gasteiger partial charge in [0.2, 0.25) is 0 Å². The van der Waals surface area contributed by atoms with Crippen LogP contribution in [0.15, 0.2) is 24.3 Å². The summed E-state index contributed by atoms with van der Waals surface area (Å²) in [6, 6.07) is 7.30. The Balaban J connectivity index is 2.41. The summed E-state index contributed by atoms with van der Waals surface area (Å²) in [5.41, 5.74) is 5.02. The summed E-state index contributed by atoms with van der Waals surface area (Å²) in [5.74, 6) is -1.04. The average Bonchev–Trinajstić information content (AvgIpc) is 2.98. The topological polar surface area (TPSA) is 83.9 Å². The van der Waals surface area contributed by atoms with Crippen molar-refractivity contribution < 1.29 is 12.8 Å². The molecular formula is C12H13FN2O2S. The van der Waals surface area contributed by atoms with Crippen LogP contribution in [0.3, 0.4) is 0 Å². The number of halogens is 1. The largest absolute Gasteiger partial charge is 0.312 e. The highest BCUT2D eigenvalue weighted by Gasteiger charge is 2.69. The monoisotopic (exact) mass is 268 g/mol. The molecule has 4 nitrogen and oxygen atoms in total. The Morgan fingerprint density at radius 1 is 1.44 bits per heavy atom. The fourth-order valence-electron chi connectivity index (χ4n) is 2.31. The second-order valence-electron chi connectivity index (χ2n) is 4.45. The Kier molecular flexibility index (Phi) is 2.92. The van der Waals surface area contributed by atoms with Gasteiger partial charge in [0.25, 0.3) is 0 Å². The van der Waals surface area contributed by atoms with Gasteiger partial charge in [0.1, 0.15) is 16.6 Å². The number of benzene rings is 1. The number of nitrogens with zero attached hydrogens (tertiary/aromatic N) is 1. The molecule has 0 bridgehead atoms. The van der Waals surface area contributed by atoms with Gasteiger partial charge in [0, 0.05) is 11.7 Å². The van der Waals surface area contributed by atoms with E-state index in [2.05, 4.69) is 0 Å². The van der Waals surface area contributed by atoms with Gasteiger partial charge in [-0.2, -0.15) is 5.26 Å². The third-order valence-electron chi connectivity index (χ3n) is 3.39. The lowest BCUT2D eigenvalue weighted by molar-refractivity contribution is 0.593. The molecule has 18 heavy (non-hydrogen) atoms. The minimum absolute atomic E-state index is 0.0595. The summed E-state index contributed by atoms with van der Waals surface area (Å²) >= 11 is 0. The molecule has 1 fully saturated rings. The first-order valence-electron chi connectivity index (χ1n) is 5.54. The molecule has 1 saturated carbocycles. The Labute approximate surface area is 105 Å². The summed E-state index contributed by atoms with van der Waals surface area (Å²) in [6.45, 7) is 1.52. The second-order valence-corrected chi connectivity index (χ2v) is 6.86. The maximum absolute atomic E-state index is 12.8. The Bertz CT molecular complexity index is 606. The molecule has 0 unspecified atom stereocenters.